The van der Waals surface area contributed by atoms with E-state index in [0.29, 0.717) is 17.0 Å². The predicted molar refractivity (Wildman–Crippen MR) is 82.7 cm³/mol. The minimum Gasteiger partial charge on any atom is -0.314 e. The second kappa shape index (κ2) is 7.53. The first-order chi connectivity index (χ1) is 10.1. The Balaban J connectivity index is 2.09. The lowest BCUT2D eigenvalue weighted by atomic mass is 9.98. The van der Waals surface area contributed by atoms with Crippen LogP contribution in [-0.2, 0) is 12.8 Å². The zero-order chi connectivity index (χ0) is 15.2. The molecule has 4 heteroatoms. The molecular weight excluding hydrogens is 292 g/mol. The molecule has 1 nitrogen and oxygen atoms in total. The molecule has 0 saturated heterocycles. The van der Waals surface area contributed by atoms with Crippen LogP contribution in [0.3, 0.4) is 0 Å². The van der Waals surface area contributed by atoms with Crippen LogP contribution in [0.25, 0.3) is 0 Å². The van der Waals surface area contributed by atoms with Crippen molar-refractivity contribution in [2.24, 2.45) is 0 Å². The van der Waals surface area contributed by atoms with Gasteiger partial charge in [-0.3, -0.25) is 0 Å². The lowest BCUT2D eigenvalue weighted by molar-refractivity contribution is 0.502. The van der Waals surface area contributed by atoms with Crippen molar-refractivity contribution < 1.29 is 8.78 Å². The van der Waals surface area contributed by atoms with Crippen molar-refractivity contribution in [3.05, 3.63) is 70.2 Å². The molecule has 2 aromatic carbocycles. The molecule has 0 heterocycles. The number of hydrogen-bond acceptors (Lipinski definition) is 1. The van der Waals surface area contributed by atoms with E-state index in [4.69, 9.17) is 11.6 Å². The summed E-state index contributed by atoms with van der Waals surface area (Å²) < 4.78 is 26.7. The largest absolute Gasteiger partial charge is 0.314 e. The summed E-state index contributed by atoms with van der Waals surface area (Å²) in [7, 11) is 0. The molecule has 112 valence electrons. The summed E-state index contributed by atoms with van der Waals surface area (Å²) in [6.45, 7) is 2.80. The molecule has 1 atom stereocenters. The summed E-state index contributed by atoms with van der Waals surface area (Å²) >= 11 is 5.87. The van der Waals surface area contributed by atoms with Crippen LogP contribution < -0.4 is 5.32 Å². The van der Waals surface area contributed by atoms with E-state index >= 15 is 0 Å². The molecule has 0 fully saturated rings. The third kappa shape index (κ3) is 4.80. The van der Waals surface area contributed by atoms with Gasteiger partial charge in [-0.2, -0.15) is 0 Å². The third-order valence-electron chi connectivity index (χ3n) is 3.37. The monoisotopic (exact) mass is 309 g/mol. The van der Waals surface area contributed by atoms with E-state index in [0.717, 1.165) is 24.6 Å². The third-order valence-corrected chi connectivity index (χ3v) is 3.62. The minimum absolute atomic E-state index is 0.0936. The quantitative estimate of drug-likeness (QED) is 0.835. The summed E-state index contributed by atoms with van der Waals surface area (Å²) in [6, 6.07) is 11.5. The Kier molecular flexibility index (Phi) is 5.71. The average molecular weight is 310 g/mol. The summed E-state index contributed by atoms with van der Waals surface area (Å²) in [4.78, 5) is 0. The second-order valence-electron chi connectivity index (χ2n) is 5.03. The number of likely N-dealkylation sites (N-methyl/N-ethyl adjacent to an activating group) is 1. The van der Waals surface area contributed by atoms with Crippen molar-refractivity contribution in [1.29, 1.82) is 0 Å². The summed E-state index contributed by atoms with van der Waals surface area (Å²) in [6.07, 6.45) is 1.28. The van der Waals surface area contributed by atoms with Crippen molar-refractivity contribution in [3.8, 4) is 0 Å². The molecule has 0 bridgehead atoms. The van der Waals surface area contributed by atoms with Crippen molar-refractivity contribution >= 4 is 11.6 Å². The predicted octanol–water partition coefficient (Wildman–Crippen LogP) is 4.38. The van der Waals surface area contributed by atoms with Crippen molar-refractivity contribution in [2.75, 3.05) is 6.54 Å². The van der Waals surface area contributed by atoms with E-state index in [9.17, 15) is 8.78 Å². The van der Waals surface area contributed by atoms with Gasteiger partial charge < -0.3 is 5.32 Å². The van der Waals surface area contributed by atoms with Gasteiger partial charge in [-0.25, -0.2) is 8.78 Å². The first kappa shape index (κ1) is 15.9. The molecule has 0 aliphatic carbocycles. The van der Waals surface area contributed by atoms with Gasteiger partial charge in [0.15, 0.2) is 0 Å². The maximum absolute atomic E-state index is 13.8. The standard InChI is InChI=1S/C17H18ClF2N/c1-2-21-16(9-12-3-6-14(18)7-4-12)10-13-5-8-15(19)11-17(13)20/h3-8,11,16,21H,2,9-10H2,1H3. The maximum Gasteiger partial charge on any atom is 0.129 e. The smallest absolute Gasteiger partial charge is 0.129 e. The van der Waals surface area contributed by atoms with E-state index in [2.05, 4.69) is 5.32 Å². The van der Waals surface area contributed by atoms with Gasteiger partial charge in [-0.05, 0) is 48.7 Å². The van der Waals surface area contributed by atoms with E-state index in [1.54, 1.807) is 0 Å². The number of halogens is 3. The highest BCUT2D eigenvalue weighted by Crippen LogP contribution is 2.15. The SMILES string of the molecule is CCNC(Cc1ccc(Cl)cc1)Cc1ccc(F)cc1F. The molecule has 2 aromatic rings. The topological polar surface area (TPSA) is 12.0 Å². The first-order valence-electron chi connectivity index (χ1n) is 7.00. The molecule has 0 aromatic heterocycles. The Labute approximate surface area is 128 Å². The number of rotatable bonds is 6. The molecule has 0 radical (unpaired) electrons. The van der Waals surface area contributed by atoms with Gasteiger partial charge in [0.1, 0.15) is 11.6 Å². The number of nitrogens with one attached hydrogen (secondary N) is 1. The highest BCUT2D eigenvalue weighted by atomic mass is 35.5. The van der Waals surface area contributed by atoms with E-state index in [1.165, 1.54) is 12.1 Å². The Hall–Kier alpha value is -1.45. The zero-order valence-corrected chi connectivity index (χ0v) is 12.6. The number of benzene rings is 2. The summed E-state index contributed by atoms with van der Waals surface area (Å²) in [5.41, 5.74) is 1.66. The number of hydrogen-bond donors (Lipinski definition) is 1. The highest BCUT2D eigenvalue weighted by Gasteiger charge is 2.13. The van der Waals surface area contributed by atoms with Gasteiger partial charge in [0.2, 0.25) is 0 Å². The van der Waals surface area contributed by atoms with Gasteiger partial charge in [0.25, 0.3) is 0 Å². The molecule has 0 saturated carbocycles. The van der Waals surface area contributed by atoms with Gasteiger partial charge in [-0.15, -0.1) is 0 Å². The minimum atomic E-state index is -0.547. The van der Waals surface area contributed by atoms with Gasteiger partial charge in [0.05, 0.1) is 0 Å². The lowest BCUT2D eigenvalue weighted by Crippen LogP contribution is -2.33. The fourth-order valence-electron chi connectivity index (χ4n) is 2.36. The molecule has 0 spiro atoms. The van der Waals surface area contributed by atoms with Crippen LogP contribution in [-0.4, -0.2) is 12.6 Å². The van der Waals surface area contributed by atoms with Crippen molar-refractivity contribution in [1.82, 2.24) is 5.32 Å². The first-order valence-corrected chi connectivity index (χ1v) is 7.38. The second-order valence-corrected chi connectivity index (χ2v) is 5.46. The van der Waals surface area contributed by atoms with Crippen LogP contribution in [0.4, 0.5) is 8.78 Å². The van der Waals surface area contributed by atoms with Crippen LogP contribution in [0.15, 0.2) is 42.5 Å². The van der Waals surface area contributed by atoms with Crippen LogP contribution in [0.5, 0.6) is 0 Å². The van der Waals surface area contributed by atoms with Gasteiger partial charge in [-0.1, -0.05) is 36.7 Å². The molecule has 21 heavy (non-hydrogen) atoms. The average Bonchev–Trinajstić information content (AvgIpc) is 2.44. The van der Waals surface area contributed by atoms with Crippen molar-refractivity contribution in [2.45, 2.75) is 25.8 Å². The molecule has 0 amide bonds. The molecule has 1 N–H and O–H groups in total. The lowest BCUT2D eigenvalue weighted by Gasteiger charge is -2.18. The van der Waals surface area contributed by atoms with Crippen LogP contribution in [0.1, 0.15) is 18.1 Å². The van der Waals surface area contributed by atoms with E-state index < -0.39 is 11.6 Å². The zero-order valence-electron chi connectivity index (χ0n) is 11.9. The van der Waals surface area contributed by atoms with Crippen LogP contribution >= 0.6 is 11.6 Å². The van der Waals surface area contributed by atoms with E-state index in [1.807, 2.05) is 31.2 Å². The van der Waals surface area contributed by atoms with Gasteiger partial charge in [0, 0.05) is 17.1 Å². The fraction of sp³-hybridized carbons (Fsp3) is 0.294. The Morgan fingerprint density at radius 3 is 2.38 bits per heavy atom. The molecular formula is C17H18ClF2N. The normalized spacial score (nSPS) is 12.4. The highest BCUT2D eigenvalue weighted by molar-refractivity contribution is 6.30. The molecule has 2 rings (SSSR count). The maximum atomic E-state index is 13.8. The van der Waals surface area contributed by atoms with Crippen molar-refractivity contribution in [3.63, 3.8) is 0 Å². The molecule has 1 unspecified atom stereocenters. The Morgan fingerprint density at radius 1 is 1.05 bits per heavy atom. The van der Waals surface area contributed by atoms with Gasteiger partial charge >= 0.3 is 0 Å². The Morgan fingerprint density at radius 2 is 1.76 bits per heavy atom. The summed E-state index contributed by atoms with van der Waals surface area (Å²) in [5, 5.41) is 4.04. The van der Waals surface area contributed by atoms with Crippen LogP contribution in [0, 0.1) is 11.6 Å². The Bertz CT molecular complexity index is 584. The fourth-order valence-corrected chi connectivity index (χ4v) is 2.49. The van der Waals surface area contributed by atoms with E-state index in [-0.39, 0.29) is 6.04 Å². The molecule has 0 aliphatic heterocycles. The molecule has 0 aliphatic rings. The summed E-state index contributed by atoms with van der Waals surface area (Å²) in [5.74, 6) is -1.04. The van der Waals surface area contributed by atoms with Crippen LogP contribution in [0.2, 0.25) is 5.02 Å².